The lowest BCUT2D eigenvalue weighted by Crippen LogP contribution is -2.46. The van der Waals surface area contributed by atoms with Gasteiger partial charge in [-0.05, 0) is 85.4 Å². The molecule has 0 radical (unpaired) electrons. The molecule has 0 aromatic heterocycles. The number of hydrogen-bond donors (Lipinski definition) is 1. The second kappa shape index (κ2) is 6.90. The second-order valence-corrected chi connectivity index (χ2v) is 11.0. The molecule has 0 aromatic rings. The van der Waals surface area contributed by atoms with Crippen LogP contribution < -0.4 is 0 Å². The van der Waals surface area contributed by atoms with Gasteiger partial charge in [0.2, 0.25) is 0 Å². The summed E-state index contributed by atoms with van der Waals surface area (Å²) in [6.07, 6.45) is 18.3. The highest BCUT2D eigenvalue weighted by molar-refractivity contribution is 5.39. The van der Waals surface area contributed by atoms with Gasteiger partial charge in [0.15, 0.2) is 0 Å². The van der Waals surface area contributed by atoms with Crippen LogP contribution in [0.3, 0.4) is 0 Å². The van der Waals surface area contributed by atoms with Gasteiger partial charge in [0.05, 0.1) is 6.10 Å². The van der Waals surface area contributed by atoms with Gasteiger partial charge in [0, 0.05) is 0 Å². The van der Waals surface area contributed by atoms with E-state index in [0.717, 1.165) is 30.6 Å². The maximum absolute atomic E-state index is 10.2. The number of fused-ring (bicyclic) bond motifs is 5. The molecule has 1 heteroatoms. The lowest BCUT2D eigenvalue weighted by atomic mass is 9.50. The molecule has 0 amide bonds. The summed E-state index contributed by atoms with van der Waals surface area (Å²) in [5.74, 6) is 3.67. The molecule has 1 nitrogen and oxygen atoms in total. The van der Waals surface area contributed by atoms with Gasteiger partial charge >= 0.3 is 0 Å². The Labute approximate surface area is 167 Å². The molecule has 4 aliphatic rings. The summed E-state index contributed by atoms with van der Waals surface area (Å²) in [6, 6.07) is 0. The van der Waals surface area contributed by atoms with Crippen molar-refractivity contribution in [3.05, 3.63) is 35.5 Å². The molecule has 27 heavy (non-hydrogen) atoms. The van der Waals surface area contributed by atoms with Gasteiger partial charge in [0.25, 0.3) is 0 Å². The number of hydrogen-bond acceptors (Lipinski definition) is 1. The van der Waals surface area contributed by atoms with E-state index in [2.05, 4.69) is 58.9 Å². The fourth-order valence-corrected chi connectivity index (χ4v) is 7.42. The molecule has 150 valence electrons. The monoisotopic (exact) mass is 368 g/mol. The average molecular weight is 369 g/mol. The summed E-state index contributed by atoms with van der Waals surface area (Å²) in [4.78, 5) is 0. The summed E-state index contributed by atoms with van der Waals surface area (Å²) < 4.78 is 0. The van der Waals surface area contributed by atoms with Gasteiger partial charge in [-0.2, -0.15) is 0 Å². The Morgan fingerprint density at radius 1 is 0.963 bits per heavy atom. The Balaban J connectivity index is 1.61. The van der Waals surface area contributed by atoms with E-state index in [1.165, 1.54) is 37.7 Å². The summed E-state index contributed by atoms with van der Waals surface area (Å²) in [5, 5.41) is 10.2. The Bertz CT molecular complexity index is 668. The molecule has 0 unspecified atom stereocenters. The SMILES string of the molecule is CC(C)/C=C/[C@@H](C)[C@H]1CC[C@H]2C3=CC=C4C[C@@H](O)CC[C@]4(C)[C@H]3CC[C@]12C. The van der Waals surface area contributed by atoms with Crippen LogP contribution in [0, 0.1) is 40.4 Å². The minimum absolute atomic E-state index is 0.113. The fourth-order valence-electron chi connectivity index (χ4n) is 7.42. The van der Waals surface area contributed by atoms with E-state index < -0.39 is 0 Å². The normalized spacial score (nSPS) is 45.1. The van der Waals surface area contributed by atoms with Crippen molar-refractivity contribution in [2.24, 2.45) is 40.4 Å². The number of allylic oxidation sites excluding steroid dienone is 5. The van der Waals surface area contributed by atoms with Crippen molar-refractivity contribution in [3.8, 4) is 0 Å². The van der Waals surface area contributed by atoms with Crippen molar-refractivity contribution in [3.63, 3.8) is 0 Å². The van der Waals surface area contributed by atoms with Crippen molar-refractivity contribution in [1.29, 1.82) is 0 Å². The van der Waals surface area contributed by atoms with E-state index in [9.17, 15) is 5.11 Å². The van der Waals surface area contributed by atoms with Gasteiger partial charge in [-0.15, -0.1) is 0 Å². The zero-order chi connectivity index (χ0) is 19.4. The molecule has 1 N–H and O–H groups in total. The first-order valence-electron chi connectivity index (χ1n) is 11.5. The van der Waals surface area contributed by atoms with E-state index in [-0.39, 0.29) is 6.10 Å². The molecule has 0 heterocycles. The van der Waals surface area contributed by atoms with Crippen LogP contribution in [-0.4, -0.2) is 11.2 Å². The van der Waals surface area contributed by atoms with Crippen LogP contribution in [-0.2, 0) is 0 Å². The van der Waals surface area contributed by atoms with Crippen molar-refractivity contribution in [2.75, 3.05) is 0 Å². The first kappa shape index (κ1) is 19.5. The molecule has 0 bridgehead atoms. The van der Waals surface area contributed by atoms with Crippen molar-refractivity contribution >= 4 is 0 Å². The van der Waals surface area contributed by atoms with E-state index in [1.54, 1.807) is 5.57 Å². The topological polar surface area (TPSA) is 20.2 Å². The molecule has 4 rings (SSSR count). The van der Waals surface area contributed by atoms with Crippen LogP contribution in [0.25, 0.3) is 0 Å². The number of aliphatic hydroxyl groups is 1. The van der Waals surface area contributed by atoms with Crippen molar-refractivity contribution in [2.45, 2.75) is 85.7 Å². The Morgan fingerprint density at radius 3 is 2.48 bits per heavy atom. The minimum Gasteiger partial charge on any atom is -0.393 e. The molecule has 4 aliphatic carbocycles. The first-order valence-corrected chi connectivity index (χ1v) is 11.5. The quantitative estimate of drug-likeness (QED) is 0.550. The summed E-state index contributed by atoms with van der Waals surface area (Å²) in [5.41, 5.74) is 4.08. The van der Waals surface area contributed by atoms with Gasteiger partial charge in [0.1, 0.15) is 0 Å². The van der Waals surface area contributed by atoms with Crippen LogP contribution in [0.1, 0.15) is 79.6 Å². The molecular weight excluding hydrogens is 328 g/mol. The second-order valence-electron chi connectivity index (χ2n) is 11.0. The highest BCUT2D eigenvalue weighted by Crippen LogP contribution is 2.65. The van der Waals surface area contributed by atoms with Gasteiger partial charge in [-0.25, -0.2) is 0 Å². The van der Waals surface area contributed by atoms with E-state index in [0.29, 0.717) is 22.7 Å². The van der Waals surface area contributed by atoms with Crippen LogP contribution in [0.4, 0.5) is 0 Å². The van der Waals surface area contributed by atoms with Crippen molar-refractivity contribution < 1.29 is 5.11 Å². The lowest BCUT2D eigenvalue weighted by molar-refractivity contribution is 0.0383. The third-order valence-corrected chi connectivity index (χ3v) is 9.05. The van der Waals surface area contributed by atoms with Gasteiger partial charge in [-0.3, -0.25) is 0 Å². The molecule has 0 aromatic carbocycles. The van der Waals surface area contributed by atoms with E-state index in [4.69, 9.17) is 0 Å². The standard InChI is InChI=1S/C26H40O/c1-17(2)6-7-18(3)22-10-11-23-21-9-8-19-16-20(27)12-14-25(19,4)24(21)13-15-26(22,23)5/h6-9,17-18,20,22-24,27H,10-16H2,1-5H3/b7-6+/t18-,20+,22-,23+,24+,25+,26-/m1/s1. The predicted octanol–water partition coefficient (Wildman–Crippen LogP) is 6.69. The molecule has 7 atom stereocenters. The van der Waals surface area contributed by atoms with Crippen LogP contribution in [0.15, 0.2) is 35.5 Å². The Kier molecular flexibility index (Phi) is 4.98. The van der Waals surface area contributed by atoms with Crippen LogP contribution >= 0.6 is 0 Å². The summed E-state index contributed by atoms with van der Waals surface area (Å²) in [7, 11) is 0. The van der Waals surface area contributed by atoms with Crippen LogP contribution in [0.2, 0.25) is 0 Å². The molecule has 0 spiro atoms. The zero-order valence-corrected chi connectivity index (χ0v) is 18.2. The maximum atomic E-state index is 10.2. The van der Waals surface area contributed by atoms with Crippen LogP contribution in [0.5, 0.6) is 0 Å². The third-order valence-electron chi connectivity index (χ3n) is 9.05. The average Bonchev–Trinajstić information content (AvgIpc) is 2.97. The van der Waals surface area contributed by atoms with E-state index >= 15 is 0 Å². The number of aliphatic hydroxyl groups excluding tert-OH is 1. The predicted molar refractivity (Wildman–Crippen MR) is 114 cm³/mol. The first-order chi connectivity index (χ1) is 12.8. The molecule has 0 aliphatic heterocycles. The zero-order valence-electron chi connectivity index (χ0n) is 18.2. The van der Waals surface area contributed by atoms with Crippen molar-refractivity contribution in [1.82, 2.24) is 0 Å². The lowest BCUT2D eigenvalue weighted by Gasteiger charge is -2.55. The molecule has 3 saturated carbocycles. The van der Waals surface area contributed by atoms with Gasteiger partial charge < -0.3 is 5.11 Å². The third kappa shape index (κ3) is 3.09. The summed E-state index contributed by atoms with van der Waals surface area (Å²) in [6.45, 7) is 12.1. The molecule has 0 saturated heterocycles. The Morgan fingerprint density at radius 2 is 1.74 bits per heavy atom. The summed E-state index contributed by atoms with van der Waals surface area (Å²) >= 11 is 0. The molecular formula is C26H40O. The number of rotatable bonds is 3. The highest BCUT2D eigenvalue weighted by Gasteiger charge is 2.56. The van der Waals surface area contributed by atoms with Gasteiger partial charge in [-0.1, -0.05) is 70.1 Å². The molecule has 3 fully saturated rings. The Hall–Kier alpha value is -0.820. The van der Waals surface area contributed by atoms with E-state index in [1.807, 2.05) is 0 Å². The largest absolute Gasteiger partial charge is 0.393 e. The highest BCUT2D eigenvalue weighted by atomic mass is 16.3. The minimum atomic E-state index is -0.113. The smallest absolute Gasteiger partial charge is 0.0578 e. The maximum Gasteiger partial charge on any atom is 0.0578 e. The fraction of sp³-hybridized carbons (Fsp3) is 0.769.